The molecule has 0 aliphatic heterocycles. The Kier molecular flexibility index (Phi) is 4.34. The summed E-state index contributed by atoms with van der Waals surface area (Å²) in [6.45, 7) is 10.8. The quantitative estimate of drug-likeness (QED) is 0.886. The van der Waals surface area contributed by atoms with Gasteiger partial charge in [-0.25, -0.2) is 4.98 Å². The number of nitrogens with one attached hydrogen (secondary N) is 1. The Morgan fingerprint density at radius 1 is 1.24 bits per heavy atom. The first kappa shape index (κ1) is 15.5. The molecule has 2 rings (SSSR count). The summed E-state index contributed by atoms with van der Waals surface area (Å²) in [4.78, 5) is 5.98. The Morgan fingerprint density at radius 2 is 1.86 bits per heavy atom. The molecule has 1 unspecified atom stereocenters. The van der Waals surface area contributed by atoms with Gasteiger partial charge in [-0.1, -0.05) is 20.8 Å². The minimum atomic E-state index is 0.0852. The van der Waals surface area contributed by atoms with Gasteiger partial charge in [0.25, 0.3) is 0 Å². The molecule has 0 aliphatic rings. The number of aromatic nitrogens is 1. The van der Waals surface area contributed by atoms with Crippen LogP contribution in [-0.4, -0.2) is 4.98 Å². The first-order valence-corrected chi connectivity index (χ1v) is 7.87. The lowest BCUT2D eigenvalue weighted by Gasteiger charge is -2.15. The molecule has 0 spiro atoms. The van der Waals surface area contributed by atoms with E-state index in [1.807, 2.05) is 24.3 Å². The van der Waals surface area contributed by atoms with Gasteiger partial charge in [-0.05, 0) is 38.1 Å². The maximum atomic E-state index is 8.83. The highest BCUT2D eigenvalue weighted by Gasteiger charge is 2.22. The van der Waals surface area contributed by atoms with Gasteiger partial charge in [0.1, 0.15) is 0 Å². The number of hydrogen-bond donors (Lipinski definition) is 1. The van der Waals surface area contributed by atoms with Crippen LogP contribution in [0.5, 0.6) is 0 Å². The predicted octanol–water partition coefficient (Wildman–Crippen LogP) is 4.79. The van der Waals surface area contributed by atoms with Crippen LogP contribution in [0.3, 0.4) is 0 Å². The van der Waals surface area contributed by atoms with Crippen molar-refractivity contribution in [3.8, 4) is 6.07 Å². The fourth-order valence-corrected chi connectivity index (χ4v) is 3.21. The fraction of sp³-hybridized carbons (Fsp3) is 0.412. The monoisotopic (exact) mass is 299 g/mol. The van der Waals surface area contributed by atoms with E-state index in [2.05, 4.69) is 46.0 Å². The van der Waals surface area contributed by atoms with Gasteiger partial charge < -0.3 is 5.32 Å². The van der Waals surface area contributed by atoms with Crippen LogP contribution in [0.2, 0.25) is 0 Å². The number of benzene rings is 1. The average Bonchev–Trinajstić information content (AvgIpc) is 2.82. The number of hydrogen-bond acceptors (Lipinski definition) is 4. The van der Waals surface area contributed by atoms with Gasteiger partial charge in [-0.2, -0.15) is 5.26 Å². The average molecular weight is 299 g/mol. The van der Waals surface area contributed by atoms with Gasteiger partial charge in [0, 0.05) is 16.0 Å². The van der Waals surface area contributed by atoms with Crippen LogP contribution < -0.4 is 5.32 Å². The second kappa shape index (κ2) is 5.87. The van der Waals surface area contributed by atoms with Gasteiger partial charge >= 0.3 is 0 Å². The maximum Gasteiger partial charge on any atom is 0.0991 e. The molecule has 1 aromatic heterocycles. The van der Waals surface area contributed by atoms with E-state index in [1.165, 1.54) is 9.88 Å². The standard InChI is InChI=1S/C17H21N3S/c1-11(19-14-8-6-13(10-18)7-9-14)15-12(2)20-16(21-15)17(3,4)5/h6-9,11,19H,1-5H3. The molecule has 0 saturated carbocycles. The van der Waals surface area contributed by atoms with Crippen molar-refractivity contribution < 1.29 is 0 Å². The summed E-state index contributed by atoms with van der Waals surface area (Å²) in [5.41, 5.74) is 2.88. The molecular formula is C17H21N3S. The van der Waals surface area contributed by atoms with Crippen molar-refractivity contribution in [3.05, 3.63) is 45.4 Å². The zero-order chi connectivity index (χ0) is 15.6. The van der Waals surface area contributed by atoms with E-state index in [1.54, 1.807) is 11.3 Å². The van der Waals surface area contributed by atoms with Crippen molar-refractivity contribution in [2.45, 2.75) is 46.1 Å². The molecule has 2 aromatic rings. The summed E-state index contributed by atoms with van der Waals surface area (Å²) in [6.07, 6.45) is 0. The lowest BCUT2D eigenvalue weighted by Crippen LogP contribution is -2.10. The molecule has 0 saturated heterocycles. The minimum absolute atomic E-state index is 0.0852. The molecule has 1 heterocycles. The molecule has 0 fully saturated rings. The van der Waals surface area contributed by atoms with E-state index in [-0.39, 0.29) is 11.5 Å². The van der Waals surface area contributed by atoms with E-state index in [0.717, 1.165) is 11.4 Å². The third kappa shape index (κ3) is 3.62. The summed E-state index contributed by atoms with van der Waals surface area (Å²) in [7, 11) is 0. The zero-order valence-electron chi connectivity index (χ0n) is 13.2. The SMILES string of the molecule is Cc1nc(C(C)(C)C)sc1C(C)Nc1ccc(C#N)cc1. The lowest BCUT2D eigenvalue weighted by atomic mass is 9.98. The Hall–Kier alpha value is -1.86. The second-order valence-corrected chi connectivity index (χ2v) is 7.30. The Balaban J connectivity index is 2.18. The van der Waals surface area contributed by atoms with Crippen LogP contribution in [0.15, 0.2) is 24.3 Å². The van der Waals surface area contributed by atoms with Crippen LogP contribution in [0.25, 0.3) is 0 Å². The number of anilines is 1. The number of aryl methyl sites for hydroxylation is 1. The Bertz CT molecular complexity index is 657. The summed E-state index contributed by atoms with van der Waals surface area (Å²) in [5.74, 6) is 0. The van der Waals surface area contributed by atoms with Crippen molar-refractivity contribution in [1.82, 2.24) is 4.98 Å². The van der Waals surface area contributed by atoms with Crippen LogP contribution in [0, 0.1) is 18.3 Å². The highest BCUT2D eigenvalue weighted by Crippen LogP contribution is 2.33. The Morgan fingerprint density at radius 3 is 2.33 bits per heavy atom. The molecule has 0 aliphatic carbocycles. The highest BCUT2D eigenvalue weighted by molar-refractivity contribution is 7.12. The summed E-state index contributed by atoms with van der Waals surface area (Å²) < 4.78 is 0. The van der Waals surface area contributed by atoms with E-state index in [9.17, 15) is 0 Å². The maximum absolute atomic E-state index is 8.83. The molecule has 1 N–H and O–H groups in total. The summed E-state index contributed by atoms with van der Waals surface area (Å²) in [5, 5.41) is 13.5. The van der Waals surface area contributed by atoms with Gasteiger partial charge in [0.05, 0.1) is 28.4 Å². The third-order valence-corrected chi connectivity index (χ3v) is 5.03. The van der Waals surface area contributed by atoms with Gasteiger partial charge in [0.2, 0.25) is 0 Å². The lowest BCUT2D eigenvalue weighted by molar-refractivity contribution is 0.584. The molecule has 1 aromatic carbocycles. The number of nitriles is 1. The highest BCUT2D eigenvalue weighted by atomic mass is 32.1. The molecule has 0 amide bonds. The smallest absolute Gasteiger partial charge is 0.0991 e. The molecule has 3 nitrogen and oxygen atoms in total. The zero-order valence-corrected chi connectivity index (χ0v) is 14.0. The minimum Gasteiger partial charge on any atom is -0.378 e. The van der Waals surface area contributed by atoms with Crippen molar-refractivity contribution in [2.24, 2.45) is 0 Å². The van der Waals surface area contributed by atoms with Crippen LogP contribution in [-0.2, 0) is 5.41 Å². The summed E-state index contributed by atoms with van der Waals surface area (Å²) >= 11 is 1.78. The molecule has 0 radical (unpaired) electrons. The molecule has 4 heteroatoms. The van der Waals surface area contributed by atoms with Crippen molar-refractivity contribution >= 4 is 17.0 Å². The molecule has 1 atom stereocenters. The van der Waals surface area contributed by atoms with E-state index in [4.69, 9.17) is 10.2 Å². The number of nitrogens with zero attached hydrogens (tertiary/aromatic N) is 2. The van der Waals surface area contributed by atoms with Gasteiger partial charge in [-0.15, -0.1) is 11.3 Å². The van der Waals surface area contributed by atoms with E-state index >= 15 is 0 Å². The predicted molar refractivity (Wildman–Crippen MR) is 88.7 cm³/mol. The molecule has 21 heavy (non-hydrogen) atoms. The third-order valence-electron chi connectivity index (χ3n) is 3.26. The van der Waals surface area contributed by atoms with Crippen molar-refractivity contribution in [2.75, 3.05) is 5.32 Å². The fourth-order valence-electron chi connectivity index (χ4n) is 2.09. The van der Waals surface area contributed by atoms with Crippen LogP contribution in [0.1, 0.15) is 54.9 Å². The van der Waals surface area contributed by atoms with Crippen LogP contribution >= 0.6 is 11.3 Å². The van der Waals surface area contributed by atoms with Crippen molar-refractivity contribution in [3.63, 3.8) is 0 Å². The molecule has 0 bridgehead atoms. The van der Waals surface area contributed by atoms with Crippen LogP contribution in [0.4, 0.5) is 5.69 Å². The van der Waals surface area contributed by atoms with Gasteiger partial charge in [-0.3, -0.25) is 0 Å². The van der Waals surface area contributed by atoms with Gasteiger partial charge in [0.15, 0.2) is 0 Å². The summed E-state index contributed by atoms with van der Waals surface area (Å²) in [6, 6.07) is 9.87. The number of thiazole rings is 1. The first-order chi connectivity index (χ1) is 9.81. The topological polar surface area (TPSA) is 48.7 Å². The Labute approximate surface area is 130 Å². The number of rotatable bonds is 3. The normalized spacial score (nSPS) is 12.8. The first-order valence-electron chi connectivity index (χ1n) is 7.06. The largest absolute Gasteiger partial charge is 0.378 e. The van der Waals surface area contributed by atoms with E-state index in [0.29, 0.717) is 5.56 Å². The molecule has 110 valence electrons. The second-order valence-electron chi connectivity index (χ2n) is 6.27. The molecular weight excluding hydrogens is 278 g/mol. The van der Waals surface area contributed by atoms with E-state index < -0.39 is 0 Å². The van der Waals surface area contributed by atoms with Crippen molar-refractivity contribution in [1.29, 1.82) is 5.26 Å².